The molecule has 0 unspecified atom stereocenters. The summed E-state index contributed by atoms with van der Waals surface area (Å²) in [5.41, 5.74) is 7.48. The Balaban J connectivity index is 3.09. The van der Waals surface area contributed by atoms with Crippen molar-refractivity contribution in [1.29, 1.82) is 0 Å². The van der Waals surface area contributed by atoms with Crippen LogP contribution in [0.25, 0.3) is 0 Å². The summed E-state index contributed by atoms with van der Waals surface area (Å²) in [6.45, 7) is 5.17. The molecule has 0 fully saturated rings. The molecule has 0 aliphatic heterocycles. The monoisotopic (exact) mass is 253 g/mol. The first-order valence-electron chi connectivity index (χ1n) is 5.33. The fourth-order valence-corrected chi connectivity index (χ4v) is 1.28. The van der Waals surface area contributed by atoms with Gasteiger partial charge in [0.05, 0.1) is 12.2 Å². The van der Waals surface area contributed by atoms with E-state index in [1.807, 2.05) is 0 Å². The lowest BCUT2D eigenvalue weighted by Crippen LogP contribution is -2.26. The quantitative estimate of drug-likeness (QED) is 0.363. The number of carbonyl (C=O) groups is 2. The molecule has 0 atom stereocenters. The molecule has 1 heterocycles. The van der Waals surface area contributed by atoms with Gasteiger partial charge in [0.25, 0.3) is 0 Å². The zero-order valence-corrected chi connectivity index (χ0v) is 10.4. The fourth-order valence-electron chi connectivity index (χ4n) is 1.28. The molecule has 0 aliphatic carbocycles. The normalized spacial score (nSPS) is 11.2. The summed E-state index contributed by atoms with van der Waals surface area (Å²) < 4.78 is 10.5. The second kappa shape index (κ2) is 5.85. The number of Topliss-reactive ketones (excluding diaryl/α,β-unsaturated/α-hetero) is 1. The Kier molecular flexibility index (Phi) is 4.47. The Bertz CT molecular complexity index is 490. The average Bonchev–Trinajstić information content (AvgIpc) is 2.66. The molecule has 0 saturated carbocycles. The molecule has 98 valence electrons. The number of hydrogen-bond acceptors (Lipinski definition) is 5. The number of carbonyl (C=O) groups excluding carboxylic acids is 2. The van der Waals surface area contributed by atoms with Gasteiger partial charge >= 0.3 is 6.03 Å². The molecular weight excluding hydrogens is 238 g/mol. The van der Waals surface area contributed by atoms with E-state index in [1.54, 1.807) is 13.8 Å². The van der Waals surface area contributed by atoms with E-state index in [0.29, 0.717) is 17.9 Å². The van der Waals surface area contributed by atoms with Gasteiger partial charge in [0, 0.05) is 13.0 Å². The van der Waals surface area contributed by atoms with E-state index < -0.39 is 6.03 Å². The van der Waals surface area contributed by atoms with Crippen molar-refractivity contribution in [3.63, 3.8) is 0 Å². The summed E-state index contributed by atoms with van der Waals surface area (Å²) in [5.74, 6) is 0.612. The number of furan rings is 1. The minimum Gasteiger partial charge on any atom is -0.476 e. The lowest BCUT2D eigenvalue weighted by Gasteiger charge is -2.05. The van der Waals surface area contributed by atoms with Crippen LogP contribution in [0.3, 0.4) is 0 Å². The maximum absolute atomic E-state index is 11.2. The predicted octanol–water partition coefficient (Wildman–Crippen LogP) is 1.16. The molecule has 0 spiro atoms. The Morgan fingerprint density at radius 2 is 2.22 bits per heavy atom. The van der Waals surface area contributed by atoms with Gasteiger partial charge in [0.1, 0.15) is 5.76 Å². The molecule has 0 radical (unpaired) electrons. The first-order valence-corrected chi connectivity index (χ1v) is 5.33. The zero-order valence-electron chi connectivity index (χ0n) is 10.4. The van der Waals surface area contributed by atoms with Gasteiger partial charge in [0.2, 0.25) is 5.90 Å². The summed E-state index contributed by atoms with van der Waals surface area (Å²) in [6.07, 6.45) is 0. The topological polar surface area (TPSA) is 107 Å². The number of nitrogens with two attached hydrogens (primary N) is 1. The van der Waals surface area contributed by atoms with E-state index in [1.165, 1.54) is 13.0 Å². The van der Waals surface area contributed by atoms with Gasteiger partial charge in [-0.05, 0) is 13.8 Å². The van der Waals surface area contributed by atoms with Gasteiger partial charge in [-0.25, -0.2) is 10.2 Å². The molecular formula is C11H15N3O4. The predicted molar refractivity (Wildman–Crippen MR) is 64.3 cm³/mol. The van der Waals surface area contributed by atoms with Crippen molar-refractivity contribution < 1.29 is 18.7 Å². The number of urea groups is 1. The van der Waals surface area contributed by atoms with Crippen molar-refractivity contribution in [3.8, 4) is 0 Å². The van der Waals surface area contributed by atoms with Crippen LogP contribution in [0.1, 0.15) is 35.7 Å². The molecule has 1 rings (SSSR count). The minimum atomic E-state index is -0.805. The summed E-state index contributed by atoms with van der Waals surface area (Å²) in [7, 11) is 0. The van der Waals surface area contributed by atoms with Crippen molar-refractivity contribution in [2.24, 2.45) is 10.8 Å². The van der Waals surface area contributed by atoms with Crippen LogP contribution >= 0.6 is 0 Å². The van der Waals surface area contributed by atoms with Crippen molar-refractivity contribution in [3.05, 3.63) is 23.2 Å². The van der Waals surface area contributed by atoms with Crippen molar-refractivity contribution >= 4 is 17.7 Å². The van der Waals surface area contributed by atoms with Crippen molar-refractivity contribution in [1.82, 2.24) is 5.43 Å². The van der Waals surface area contributed by atoms with Crippen LogP contribution in [0.15, 0.2) is 15.6 Å². The highest BCUT2D eigenvalue weighted by Gasteiger charge is 2.17. The molecule has 1 aromatic heterocycles. The third kappa shape index (κ3) is 3.34. The summed E-state index contributed by atoms with van der Waals surface area (Å²) in [4.78, 5) is 21.8. The van der Waals surface area contributed by atoms with Crippen LogP contribution in [0.2, 0.25) is 0 Å². The van der Waals surface area contributed by atoms with E-state index in [0.717, 1.165) is 0 Å². The highest BCUT2D eigenvalue weighted by atomic mass is 16.5. The fraction of sp³-hybridized carbons (Fsp3) is 0.364. The van der Waals surface area contributed by atoms with Crippen LogP contribution in [0, 0.1) is 6.92 Å². The van der Waals surface area contributed by atoms with E-state index >= 15 is 0 Å². The van der Waals surface area contributed by atoms with Crippen molar-refractivity contribution in [2.45, 2.75) is 20.8 Å². The molecule has 0 aromatic carbocycles. The van der Waals surface area contributed by atoms with Gasteiger partial charge in [-0.2, -0.15) is 0 Å². The highest BCUT2D eigenvalue weighted by molar-refractivity contribution is 5.99. The van der Waals surface area contributed by atoms with Gasteiger partial charge in [-0.15, -0.1) is 5.10 Å². The van der Waals surface area contributed by atoms with Gasteiger partial charge < -0.3 is 14.9 Å². The molecule has 2 amide bonds. The number of rotatable bonds is 4. The van der Waals surface area contributed by atoms with Crippen LogP contribution in [0.5, 0.6) is 0 Å². The number of ether oxygens (including phenoxy) is 1. The smallest absolute Gasteiger partial charge is 0.332 e. The van der Waals surface area contributed by atoms with Crippen LogP contribution in [-0.4, -0.2) is 24.3 Å². The third-order valence-corrected chi connectivity index (χ3v) is 2.04. The molecule has 7 heteroatoms. The largest absolute Gasteiger partial charge is 0.476 e. The molecule has 0 saturated heterocycles. The number of primary amides is 1. The number of hydrazone groups is 1. The standard InChI is InChI=1S/C11H15N3O4/c1-4-17-10(13-14-11(12)16)8-5-9(6(2)15)18-7(8)3/h5H,4H2,1-3H3,(H3,12,14,16). The maximum atomic E-state index is 11.2. The first kappa shape index (κ1) is 13.8. The van der Waals surface area contributed by atoms with E-state index in [2.05, 4.69) is 10.5 Å². The van der Waals surface area contributed by atoms with E-state index in [9.17, 15) is 9.59 Å². The average molecular weight is 253 g/mol. The number of nitrogens with zero attached hydrogens (tertiary/aromatic N) is 1. The molecule has 3 N–H and O–H groups in total. The Morgan fingerprint density at radius 1 is 1.56 bits per heavy atom. The Morgan fingerprint density at radius 3 is 2.67 bits per heavy atom. The molecule has 18 heavy (non-hydrogen) atoms. The third-order valence-electron chi connectivity index (χ3n) is 2.04. The molecule has 7 nitrogen and oxygen atoms in total. The highest BCUT2D eigenvalue weighted by Crippen LogP contribution is 2.16. The van der Waals surface area contributed by atoms with E-state index in [4.69, 9.17) is 14.9 Å². The Hall–Kier alpha value is -2.31. The Labute approximate surface area is 104 Å². The minimum absolute atomic E-state index is 0.144. The number of amides is 2. The SMILES string of the molecule is CCOC(=NNC(N)=O)c1cc(C(C)=O)oc1C. The second-order valence-electron chi connectivity index (χ2n) is 3.46. The van der Waals surface area contributed by atoms with Gasteiger partial charge in [-0.3, -0.25) is 4.79 Å². The summed E-state index contributed by atoms with van der Waals surface area (Å²) in [5, 5.41) is 3.72. The number of ketones is 1. The zero-order chi connectivity index (χ0) is 13.7. The lowest BCUT2D eigenvalue weighted by molar-refractivity contribution is 0.0986. The van der Waals surface area contributed by atoms with Gasteiger partial charge in [-0.1, -0.05) is 0 Å². The molecule has 1 aromatic rings. The van der Waals surface area contributed by atoms with Gasteiger partial charge in [0.15, 0.2) is 11.5 Å². The lowest BCUT2D eigenvalue weighted by atomic mass is 10.2. The van der Waals surface area contributed by atoms with Crippen molar-refractivity contribution in [2.75, 3.05) is 6.61 Å². The van der Waals surface area contributed by atoms with Crippen LogP contribution in [0.4, 0.5) is 4.79 Å². The van der Waals surface area contributed by atoms with Crippen LogP contribution < -0.4 is 11.2 Å². The molecule has 0 aliphatic rings. The number of hydrogen-bond donors (Lipinski definition) is 2. The second-order valence-corrected chi connectivity index (χ2v) is 3.46. The van der Waals surface area contributed by atoms with Crippen LogP contribution in [-0.2, 0) is 4.74 Å². The maximum Gasteiger partial charge on any atom is 0.332 e. The summed E-state index contributed by atoms with van der Waals surface area (Å²) >= 11 is 0. The number of aryl methyl sites for hydroxylation is 1. The number of nitrogens with one attached hydrogen (secondary N) is 1. The summed E-state index contributed by atoms with van der Waals surface area (Å²) in [6, 6.07) is 0.703. The first-order chi connectivity index (χ1) is 8.45. The van der Waals surface area contributed by atoms with E-state index in [-0.39, 0.29) is 17.4 Å². The molecule has 0 bridgehead atoms.